The number of hydrogen-bond donors (Lipinski definition) is 3. The number of carbonyl (C=O) groups excluding carboxylic acids is 3. The van der Waals surface area contributed by atoms with E-state index in [1.54, 1.807) is 6.92 Å². The van der Waals surface area contributed by atoms with Crippen LogP contribution >= 0.6 is 0 Å². The van der Waals surface area contributed by atoms with Crippen molar-refractivity contribution >= 4 is 29.1 Å². The minimum Gasteiger partial charge on any atom is -0.455 e. The molecule has 3 aromatic rings. The number of fused-ring (bicyclic) bond motifs is 1. The molecule has 0 saturated heterocycles. The minimum absolute atomic E-state index is 0.0673. The number of amides is 3. The molecule has 0 unspecified atom stereocenters. The van der Waals surface area contributed by atoms with Gasteiger partial charge in [0.1, 0.15) is 17.1 Å². The van der Waals surface area contributed by atoms with Gasteiger partial charge in [0.05, 0.1) is 10.6 Å². The van der Waals surface area contributed by atoms with Crippen LogP contribution in [-0.2, 0) is 6.42 Å². The number of carbonyl (C=O) groups is 3. The summed E-state index contributed by atoms with van der Waals surface area (Å²) in [6.45, 7) is 1.64. The number of hydrazone groups is 1. The highest BCUT2D eigenvalue weighted by molar-refractivity contribution is 6.07. The molecule has 1 aliphatic rings. The van der Waals surface area contributed by atoms with Crippen molar-refractivity contribution in [1.82, 2.24) is 16.3 Å². The molecule has 3 amide bonds. The van der Waals surface area contributed by atoms with Crippen LogP contribution in [0.4, 0.5) is 10.1 Å². The van der Waals surface area contributed by atoms with E-state index >= 15 is 0 Å². The number of nitro groups is 1. The van der Waals surface area contributed by atoms with E-state index in [9.17, 15) is 28.9 Å². The number of hydrazine groups is 1. The van der Waals surface area contributed by atoms with Crippen LogP contribution < -0.4 is 16.3 Å². The molecule has 11 nitrogen and oxygen atoms in total. The Morgan fingerprint density at radius 3 is 2.42 bits per heavy atom. The van der Waals surface area contributed by atoms with Gasteiger partial charge in [0.25, 0.3) is 17.5 Å². The Bertz CT molecular complexity index is 1400. The molecular formula is C24H20FN5O6. The molecule has 184 valence electrons. The molecule has 0 bridgehead atoms. The Morgan fingerprint density at radius 1 is 1.00 bits per heavy atom. The molecule has 0 atom stereocenters. The second kappa shape index (κ2) is 10.2. The van der Waals surface area contributed by atoms with E-state index in [0.717, 1.165) is 0 Å². The number of nitrogens with one attached hydrogen (secondary N) is 3. The summed E-state index contributed by atoms with van der Waals surface area (Å²) in [6, 6.07) is 10.3. The van der Waals surface area contributed by atoms with Gasteiger partial charge in [-0.3, -0.25) is 35.3 Å². The normalized spacial score (nSPS) is 13.6. The fourth-order valence-electron chi connectivity index (χ4n) is 3.84. The fourth-order valence-corrected chi connectivity index (χ4v) is 3.84. The maximum Gasteiger partial charge on any atom is 0.305 e. The lowest BCUT2D eigenvalue weighted by atomic mass is 9.93. The topological polar surface area (TPSA) is 156 Å². The number of para-hydroxylation sites is 1. The highest BCUT2D eigenvalue weighted by Gasteiger charge is 2.29. The van der Waals surface area contributed by atoms with Crippen LogP contribution in [0.2, 0.25) is 0 Å². The van der Waals surface area contributed by atoms with Gasteiger partial charge in [0.2, 0.25) is 0 Å². The van der Waals surface area contributed by atoms with E-state index in [0.29, 0.717) is 41.9 Å². The number of rotatable bonds is 5. The van der Waals surface area contributed by atoms with E-state index in [-0.39, 0.29) is 16.9 Å². The quantitative estimate of drug-likeness (QED) is 0.366. The average molecular weight is 493 g/mol. The lowest BCUT2D eigenvalue weighted by molar-refractivity contribution is -0.385. The molecule has 1 heterocycles. The number of benzene rings is 2. The Hall–Kier alpha value is -4.87. The monoisotopic (exact) mass is 493 g/mol. The number of nitro benzene ring substituents is 1. The number of halogens is 1. The van der Waals surface area contributed by atoms with Crippen LogP contribution in [0.25, 0.3) is 0 Å². The molecule has 3 N–H and O–H groups in total. The van der Waals surface area contributed by atoms with Crippen LogP contribution in [0.5, 0.6) is 0 Å². The first kappa shape index (κ1) is 24.3. The van der Waals surface area contributed by atoms with Crippen molar-refractivity contribution in [1.29, 1.82) is 0 Å². The van der Waals surface area contributed by atoms with Crippen molar-refractivity contribution in [3.63, 3.8) is 0 Å². The summed E-state index contributed by atoms with van der Waals surface area (Å²) in [5, 5.41) is 15.3. The van der Waals surface area contributed by atoms with Gasteiger partial charge < -0.3 is 4.42 Å². The zero-order chi connectivity index (χ0) is 25.8. The summed E-state index contributed by atoms with van der Waals surface area (Å²) < 4.78 is 18.8. The van der Waals surface area contributed by atoms with Crippen molar-refractivity contribution in [2.75, 3.05) is 0 Å². The number of aryl methyl sites for hydroxylation is 1. The van der Waals surface area contributed by atoms with Crippen LogP contribution in [0.3, 0.4) is 0 Å². The Balaban J connectivity index is 1.49. The predicted molar refractivity (Wildman–Crippen MR) is 125 cm³/mol. The molecule has 0 saturated carbocycles. The summed E-state index contributed by atoms with van der Waals surface area (Å²) in [4.78, 5) is 47.9. The average Bonchev–Trinajstić information content (AvgIpc) is 3.23. The van der Waals surface area contributed by atoms with Crippen molar-refractivity contribution < 1.29 is 28.1 Å². The molecule has 4 rings (SSSR count). The first-order valence-corrected chi connectivity index (χ1v) is 10.9. The number of nitrogens with zero attached hydrogens (tertiary/aromatic N) is 2. The van der Waals surface area contributed by atoms with Gasteiger partial charge in [-0.1, -0.05) is 12.1 Å². The van der Waals surface area contributed by atoms with E-state index in [1.807, 2.05) is 0 Å². The van der Waals surface area contributed by atoms with E-state index in [1.165, 1.54) is 48.5 Å². The third-order valence-corrected chi connectivity index (χ3v) is 5.57. The lowest BCUT2D eigenvalue weighted by Crippen LogP contribution is -2.42. The van der Waals surface area contributed by atoms with Crippen LogP contribution in [0.15, 0.2) is 58.0 Å². The zero-order valence-electron chi connectivity index (χ0n) is 19.0. The van der Waals surface area contributed by atoms with Crippen molar-refractivity contribution in [2.45, 2.75) is 26.2 Å². The number of hydrogen-bond acceptors (Lipinski definition) is 7. The molecule has 1 aromatic heterocycles. The van der Waals surface area contributed by atoms with Gasteiger partial charge in [0, 0.05) is 29.2 Å². The molecule has 2 aromatic carbocycles. The van der Waals surface area contributed by atoms with E-state index in [2.05, 4.69) is 21.4 Å². The summed E-state index contributed by atoms with van der Waals surface area (Å²) >= 11 is 0. The Kier molecular flexibility index (Phi) is 6.86. The second-order valence-electron chi connectivity index (χ2n) is 7.90. The highest BCUT2D eigenvalue weighted by atomic mass is 19.1. The third kappa shape index (κ3) is 4.97. The second-order valence-corrected chi connectivity index (χ2v) is 7.90. The molecule has 36 heavy (non-hydrogen) atoms. The predicted octanol–water partition coefficient (Wildman–Crippen LogP) is 3.18. The summed E-state index contributed by atoms with van der Waals surface area (Å²) in [5.74, 6) is -2.18. The molecular weight excluding hydrogens is 473 g/mol. The van der Waals surface area contributed by atoms with Gasteiger partial charge >= 0.3 is 5.91 Å². The van der Waals surface area contributed by atoms with Crippen molar-refractivity contribution in [3.8, 4) is 0 Å². The van der Waals surface area contributed by atoms with Crippen LogP contribution in [0, 0.1) is 22.9 Å². The summed E-state index contributed by atoms with van der Waals surface area (Å²) in [7, 11) is 0. The number of furan rings is 1. The minimum atomic E-state index is -0.865. The Morgan fingerprint density at radius 2 is 1.69 bits per heavy atom. The molecule has 0 radical (unpaired) electrons. The largest absolute Gasteiger partial charge is 0.455 e. The van der Waals surface area contributed by atoms with E-state index < -0.39 is 34.1 Å². The Labute approximate surface area is 203 Å². The SMILES string of the molecule is Cc1c(C(=O)NNC(=O)c2ccccc2[N+](=O)[O-])oc2c1/C(=N/NC(=O)c1ccc(F)cc1)CCC2. The summed E-state index contributed by atoms with van der Waals surface area (Å²) in [5.41, 5.74) is 7.96. The first-order chi connectivity index (χ1) is 17.3. The smallest absolute Gasteiger partial charge is 0.305 e. The van der Waals surface area contributed by atoms with Crippen LogP contribution in [-0.4, -0.2) is 28.4 Å². The van der Waals surface area contributed by atoms with E-state index in [4.69, 9.17) is 4.42 Å². The van der Waals surface area contributed by atoms with Crippen molar-refractivity contribution in [3.05, 3.63) is 98.2 Å². The highest BCUT2D eigenvalue weighted by Crippen LogP contribution is 2.30. The lowest BCUT2D eigenvalue weighted by Gasteiger charge is -2.13. The first-order valence-electron chi connectivity index (χ1n) is 10.9. The summed E-state index contributed by atoms with van der Waals surface area (Å²) in [6.07, 6.45) is 1.73. The van der Waals surface area contributed by atoms with Gasteiger partial charge in [-0.05, 0) is 50.1 Å². The molecule has 0 aliphatic heterocycles. The molecule has 0 fully saturated rings. The third-order valence-electron chi connectivity index (χ3n) is 5.57. The van der Waals surface area contributed by atoms with Crippen molar-refractivity contribution in [2.24, 2.45) is 5.10 Å². The van der Waals surface area contributed by atoms with Gasteiger partial charge in [0.15, 0.2) is 5.76 Å². The maximum absolute atomic E-state index is 13.1. The fraction of sp³-hybridized carbons (Fsp3) is 0.167. The maximum atomic E-state index is 13.1. The van der Waals surface area contributed by atoms with Crippen LogP contribution in [0.1, 0.15) is 61.0 Å². The molecule has 1 aliphatic carbocycles. The van der Waals surface area contributed by atoms with Gasteiger partial charge in [-0.25, -0.2) is 9.82 Å². The molecule has 12 heteroatoms. The molecule has 0 spiro atoms. The van der Waals surface area contributed by atoms with Gasteiger partial charge in [-0.15, -0.1) is 0 Å². The zero-order valence-corrected chi connectivity index (χ0v) is 19.0. The van der Waals surface area contributed by atoms with Gasteiger partial charge in [-0.2, -0.15) is 5.10 Å². The standard InChI is InChI=1S/C24H20FN5O6/c1-13-20-17(26-27-22(31)14-9-11-15(25)12-10-14)6-4-8-19(20)36-21(13)24(33)29-28-23(32)16-5-2-3-7-18(16)30(34)35/h2-3,5,7,9-12H,4,6,8H2,1H3,(H,27,31)(H,28,32)(H,29,33)/b26-17+.